The standard InChI is InChI=1S/C12H18O9/c1-5(13)18-4-8-11(19-6(2)14)9(16)10(17)12(21-8)20-7(3)15/h8-12,16-17H,4H2,1-3H3. The minimum Gasteiger partial charge on any atom is -0.463 e. The highest BCUT2D eigenvalue weighted by atomic mass is 16.7. The summed E-state index contributed by atoms with van der Waals surface area (Å²) in [6.45, 7) is 3.04. The average molecular weight is 306 g/mol. The predicted octanol–water partition coefficient (Wildman–Crippen LogP) is -1.51. The molecule has 21 heavy (non-hydrogen) atoms. The summed E-state index contributed by atoms with van der Waals surface area (Å²) in [7, 11) is 0. The summed E-state index contributed by atoms with van der Waals surface area (Å²) < 4.78 is 19.6. The Bertz CT molecular complexity index is 408. The fraction of sp³-hybridized carbons (Fsp3) is 0.750. The molecule has 0 saturated carbocycles. The van der Waals surface area contributed by atoms with Crippen molar-refractivity contribution >= 4 is 17.9 Å². The van der Waals surface area contributed by atoms with Crippen molar-refractivity contribution in [3.05, 3.63) is 0 Å². The maximum absolute atomic E-state index is 11.0. The number of aliphatic hydroxyl groups is 2. The van der Waals surface area contributed by atoms with Crippen molar-refractivity contribution in [3.63, 3.8) is 0 Å². The average Bonchev–Trinajstić information content (AvgIpc) is 2.35. The van der Waals surface area contributed by atoms with Crippen LogP contribution in [0.4, 0.5) is 0 Å². The van der Waals surface area contributed by atoms with E-state index >= 15 is 0 Å². The molecule has 0 aromatic heterocycles. The highest BCUT2D eigenvalue weighted by Gasteiger charge is 2.48. The molecule has 2 N–H and O–H groups in total. The molecule has 5 atom stereocenters. The molecule has 0 aromatic rings. The van der Waals surface area contributed by atoms with Crippen LogP contribution in [0.5, 0.6) is 0 Å². The SMILES string of the molecule is CC(=O)OCC1OC(OC(C)=O)C(O)C(O)C1OC(C)=O. The lowest BCUT2D eigenvalue weighted by Crippen LogP contribution is -2.60. The second-order valence-corrected chi connectivity index (χ2v) is 4.51. The first-order chi connectivity index (χ1) is 9.72. The Hall–Kier alpha value is -1.71. The lowest BCUT2D eigenvalue weighted by molar-refractivity contribution is -0.295. The quantitative estimate of drug-likeness (QED) is 0.470. The third-order valence-corrected chi connectivity index (χ3v) is 2.68. The highest BCUT2D eigenvalue weighted by Crippen LogP contribution is 2.25. The van der Waals surface area contributed by atoms with E-state index in [1.807, 2.05) is 0 Å². The Morgan fingerprint density at radius 1 is 0.952 bits per heavy atom. The van der Waals surface area contributed by atoms with E-state index in [1.54, 1.807) is 0 Å². The Labute approximate surface area is 120 Å². The minimum atomic E-state index is -1.60. The molecule has 0 radical (unpaired) electrons. The molecule has 1 aliphatic rings. The van der Waals surface area contributed by atoms with Gasteiger partial charge in [-0.2, -0.15) is 0 Å². The van der Waals surface area contributed by atoms with Crippen molar-refractivity contribution in [3.8, 4) is 0 Å². The summed E-state index contributed by atoms with van der Waals surface area (Å²) in [6, 6.07) is 0. The second kappa shape index (κ2) is 7.34. The van der Waals surface area contributed by atoms with Crippen molar-refractivity contribution in [1.29, 1.82) is 0 Å². The Morgan fingerprint density at radius 2 is 1.52 bits per heavy atom. The largest absolute Gasteiger partial charge is 0.463 e. The summed E-state index contributed by atoms with van der Waals surface area (Å²) >= 11 is 0. The van der Waals surface area contributed by atoms with Crippen LogP contribution in [0.25, 0.3) is 0 Å². The molecular formula is C12H18O9. The number of ether oxygens (including phenoxy) is 4. The van der Waals surface area contributed by atoms with Crippen LogP contribution in [0, 0.1) is 0 Å². The van der Waals surface area contributed by atoms with E-state index in [9.17, 15) is 24.6 Å². The summed E-state index contributed by atoms with van der Waals surface area (Å²) in [5.74, 6) is -2.05. The van der Waals surface area contributed by atoms with Gasteiger partial charge in [-0.3, -0.25) is 14.4 Å². The molecule has 0 amide bonds. The monoisotopic (exact) mass is 306 g/mol. The van der Waals surface area contributed by atoms with E-state index in [-0.39, 0.29) is 6.61 Å². The molecule has 0 spiro atoms. The molecule has 0 aliphatic carbocycles. The van der Waals surface area contributed by atoms with Gasteiger partial charge in [0.1, 0.15) is 24.9 Å². The molecule has 120 valence electrons. The molecule has 9 nitrogen and oxygen atoms in total. The fourth-order valence-corrected chi connectivity index (χ4v) is 1.84. The molecule has 0 bridgehead atoms. The number of rotatable bonds is 4. The molecule has 1 heterocycles. The van der Waals surface area contributed by atoms with Gasteiger partial charge in [0.15, 0.2) is 6.10 Å². The van der Waals surface area contributed by atoms with Crippen LogP contribution < -0.4 is 0 Å². The lowest BCUT2D eigenvalue weighted by atomic mass is 9.99. The molecule has 1 saturated heterocycles. The molecule has 1 rings (SSSR count). The van der Waals surface area contributed by atoms with Crippen LogP contribution in [0.2, 0.25) is 0 Å². The normalized spacial score (nSPS) is 32.1. The zero-order chi connectivity index (χ0) is 16.2. The second-order valence-electron chi connectivity index (χ2n) is 4.51. The molecule has 1 aliphatic heterocycles. The van der Waals surface area contributed by atoms with E-state index in [0.29, 0.717) is 0 Å². The van der Waals surface area contributed by atoms with Gasteiger partial charge in [0.2, 0.25) is 6.29 Å². The molecular weight excluding hydrogens is 288 g/mol. The zero-order valence-corrected chi connectivity index (χ0v) is 11.8. The van der Waals surface area contributed by atoms with Crippen LogP contribution in [-0.4, -0.2) is 65.4 Å². The van der Waals surface area contributed by atoms with E-state index in [1.165, 1.54) is 6.92 Å². The first kappa shape index (κ1) is 17.3. The number of carbonyl (C=O) groups is 3. The third-order valence-electron chi connectivity index (χ3n) is 2.68. The van der Waals surface area contributed by atoms with E-state index < -0.39 is 48.6 Å². The summed E-state index contributed by atoms with van der Waals surface area (Å²) in [5.41, 5.74) is 0. The Morgan fingerprint density at radius 3 is 2.00 bits per heavy atom. The van der Waals surface area contributed by atoms with Crippen molar-refractivity contribution in [1.82, 2.24) is 0 Å². The molecule has 5 unspecified atom stereocenters. The van der Waals surface area contributed by atoms with Gasteiger partial charge in [-0.15, -0.1) is 0 Å². The lowest BCUT2D eigenvalue weighted by Gasteiger charge is -2.40. The van der Waals surface area contributed by atoms with Crippen molar-refractivity contribution in [2.24, 2.45) is 0 Å². The van der Waals surface area contributed by atoms with Gasteiger partial charge >= 0.3 is 17.9 Å². The Kier molecular flexibility index (Phi) is 6.06. The van der Waals surface area contributed by atoms with E-state index in [2.05, 4.69) is 0 Å². The summed E-state index contributed by atoms with van der Waals surface area (Å²) in [6.07, 6.45) is -6.96. The maximum Gasteiger partial charge on any atom is 0.305 e. The topological polar surface area (TPSA) is 129 Å². The first-order valence-electron chi connectivity index (χ1n) is 6.21. The summed E-state index contributed by atoms with van der Waals surface area (Å²) in [4.78, 5) is 32.8. The van der Waals surface area contributed by atoms with Gasteiger partial charge in [0.05, 0.1) is 0 Å². The summed E-state index contributed by atoms with van der Waals surface area (Å²) in [5, 5.41) is 19.8. The number of hydrogen-bond acceptors (Lipinski definition) is 9. The number of aliphatic hydroxyl groups excluding tert-OH is 2. The van der Waals surface area contributed by atoms with Gasteiger partial charge in [0.25, 0.3) is 0 Å². The fourth-order valence-electron chi connectivity index (χ4n) is 1.84. The van der Waals surface area contributed by atoms with Gasteiger partial charge < -0.3 is 29.2 Å². The van der Waals surface area contributed by atoms with Gasteiger partial charge in [-0.05, 0) is 0 Å². The molecule has 1 fully saturated rings. The highest BCUT2D eigenvalue weighted by molar-refractivity contribution is 5.67. The van der Waals surface area contributed by atoms with Gasteiger partial charge in [0, 0.05) is 20.8 Å². The van der Waals surface area contributed by atoms with Crippen LogP contribution >= 0.6 is 0 Å². The smallest absolute Gasteiger partial charge is 0.305 e. The molecule has 9 heteroatoms. The van der Waals surface area contributed by atoms with Gasteiger partial charge in [-0.1, -0.05) is 0 Å². The number of hydrogen-bond donors (Lipinski definition) is 2. The van der Waals surface area contributed by atoms with Crippen LogP contribution in [0.15, 0.2) is 0 Å². The van der Waals surface area contributed by atoms with E-state index in [0.717, 1.165) is 13.8 Å². The molecule has 0 aromatic carbocycles. The third kappa shape index (κ3) is 4.96. The van der Waals surface area contributed by atoms with Crippen LogP contribution in [0.1, 0.15) is 20.8 Å². The predicted molar refractivity (Wildman–Crippen MR) is 64.6 cm³/mol. The van der Waals surface area contributed by atoms with Crippen molar-refractivity contribution < 1.29 is 43.5 Å². The van der Waals surface area contributed by atoms with Gasteiger partial charge in [-0.25, -0.2) is 0 Å². The van der Waals surface area contributed by atoms with E-state index in [4.69, 9.17) is 18.9 Å². The van der Waals surface area contributed by atoms with Crippen molar-refractivity contribution in [2.45, 2.75) is 51.5 Å². The number of carbonyl (C=O) groups excluding carboxylic acids is 3. The first-order valence-corrected chi connectivity index (χ1v) is 6.21. The zero-order valence-electron chi connectivity index (χ0n) is 11.8. The minimum absolute atomic E-state index is 0.338. The number of esters is 3. The van der Waals surface area contributed by atoms with Crippen LogP contribution in [-0.2, 0) is 33.3 Å². The maximum atomic E-state index is 11.0. The Balaban J connectivity index is 2.86. The van der Waals surface area contributed by atoms with Crippen LogP contribution in [0.3, 0.4) is 0 Å². The van der Waals surface area contributed by atoms with Crippen molar-refractivity contribution in [2.75, 3.05) is 6.61 Å².